The van der Waals surface area contributed by atoms with Gasteiger partial charge in [0.1, 0.15) is 6.10 Å². The summed E-state index contributed by atoms with van der Waals surface area (Å²) in [6.07, 6.45) is 7.80. The monoisotopic (exact) mass is 416 g/mol. The normalized spacial score (nSPS) is 25.2. The van der Waals surface area contributed by atoms with Crippen molar-refractivity contribution in [2.24, 2.45) is 10.9 Å². The van der Waals surface area contributed by atoms with Gasteiger partial charge in [0.05, 0.1) is 10.2 Å². The molecule has 1 atom stereocenters. The number of ether oxygens (including phenoxy) is 1. The average Bonchev–Trinajstić information content (AvgIpc) is 2.70. The van der Waals surface area contributed by atoms with Crippen molar-refractivity contribution in [1.29, 1.82) is 0 Å². The van der Waals surface area contributed by atoms with Crippen molar-refractivity contribution < 1.29 is 4.74 Å². The van der Waals surface area contributed by atoms with Crippen molar-refractivity contribution in [3.8, 4) is 11.3 Å². The molecule has 0 unspecified atom stereocenters. The number of pyridine rings is 1. The Morgan fingerprint density at radius 1 is 1.35 bits per heavy atom. The Balaban J connectivity index is 1.49. The highest BCUT2D eigenvalue weighted by Gasteiger charge is 2.36. The lowest BCUT2D eigenvalue weighted by atomic mass is 9.86. The second-order valence-electron chi connectivity index (χ2n) is 6.58. The lowest BCUT2D eigenvalue weighted by Gasteiger charge is -2.44. The van der Waals surface area contributed by atoms with Gasteiger partial charge in [-0.1, -0.05) is 0 Å². The van der Waals surface area contributed by atoms with Gasteiger partial charge in [0.25, 0.3) is 6.02 Å². The van der Waals surface area contributed by atoms with Gasteiger partial charge in [-0.25, -0.2) is 15.0 Å². The van der Waals surface area contributed by atoms with E-state index in [4.69, 9.17) is 4.74 Å². The minimum Gasteiger partial charge on any atom is -0.460 e. The third kappa shape index (κ3) is 3.71. The van der Waals surface area contributed by atoms with Crippen molar-refractivity contribution in [2.75, 3.05) is 32.0 Å². The molecular weight excluding hydrogens is 396 g/mol. The molecule has 3 aliphatic rings. The summed E-state index contributed by atoms with van der Waals surface area (Å²) in [7, 11) is 1.71. The number of halogens is 1. The molecule has 3 fully saturated rings. The fraction of sp³-hybridized carbons (Fsp3) is 0.444. The van der Waals surface area contributed by atoms with Gasteiger partial charge >= 0.3 is 0 Å². The smallest absolute Gasteiger partial charge is 0.291 e. The second kappa shape index (κ2) is 7.67. The predicted octanol–water partition coefficient (Wildman–Crippen LogP) is 2.81. The van der Waals surface area contributed by atoms with Crippen LogP contribution >= 0.6 is 15.9 Å². The Morgan fingerprint density at radius 2 is 2.19 bits per heavy atom. The van der Waals surface area contributed by atoms with Gasteiger partial charge in [-0.15, -0.1) is 0 Å². The summed E-state index contributed by atoms with van der Waals surface area (Å²) in [5.41, 5.74) is 1.69. The maximum absolute atomic E-state index is 6.15. The molecule has 2 bridgehead atoms. The van der Waals surface area contributed by atoms with Crippen LogP contribution in [0.3, 0.4) is 0 Å². The molecule has 136 valence electrons. The van der Waals surface area contributed by atoms with Crippen molar-refractivity contribution in [2.45, 2.75) is 18.9 Å². The van der Waals surface area contributed by atoms with Gasteiger partial charge in [0, 0.05) is 37.7 Å². The molecule has 26 heavy (non-hydrogen) atoms. The number of hydrogen-bond acceptors (Lipinski definition) is 6. The molecule has 0 aliphatic carbocycles. The van der Waals surface area contributed by atoms with E-state index in [0.717, 1.165) is 22.3 Å². The molecule has 3 aliphatic heterocycles. The van der Waals surface area contributed by atoms with Gasteiger partial charge in [-0.3, -0.25) is 15.2 Å². The molecular formula is C18H21BrN6O. The summed E-state index contributed by atoms with van der Waals surface area (Å²) in [4.78, 5) is 19.8. The Labute approximate surface area is 161 Å². The topological polar surface area (TPSA) is 75.5 Å². The van der Waals surface area contributed by atoms with Crippen molar-refractivity contribution in [3.63, 3.8) is 0 Å². The fourth-order valence-corrected chi connectivity index (χ4v) is 3.97. The van der Waals surface area contributed by atoms with Crippen LogP contribution in [0.5, 0.6) is 0 Å². The van der Waals surface area contributed by atoms with E-state index in [0.29, 0.717) is 17.9 Å². The summed E-state index contributed by atoms with van der Waals surface area (Å²) in [6.45, 7) is 3.33. The molecule has 5 heterocycles. The maximum Gasteiger partial charge on any atom is 0.291 e. The van der Waals surface area contributed by atoms with Crippen LogP contribution in [0.4, 0.5) is 5.95 Å². The van der Waals surface area contributed by atoms with Crippen LogP contribution in [0.1, 0.15) is 12.8 Å². The number of anilines is 1. The number of aromatic nitrogens is 3. The van der Waals surface area contributed by atoms with Crippen molar-refractivity contribution in [1.82, 2.24) is 19.9 Å². The predicted molar refractivity (Wildman–Crippen MR) is 104 cm³/mol. The first-order valence-corrected chi connectivity index (χ1v) is 9.58. The summed E-state index contributed by atoms with van der Waals surface area (Å²) >= 11 is 3.50. The number of piperidine rings is 3. The highest BCUT2D eigenvalue weighted by atomic mass is 79.9. The molecule has 0 radical (unpaired) electrons. The van der Waals surface area contributed by atoms with E-state index in [-0.39, 0.29) is 6.10 Å². The summed E-state index contributed by atoms with van der Waals surface area (Å²) < 4.78 is 6.96. The Hall–Kier alpha value is -2.06. The SMILES string of the molecule is CN=C(Nc1ncc(Br)c(-c2cccnc2)n1)O[C@H]1CN2CCC1CC2. The Bertz CT molecular complexity index is 792. The van der Waals surface area contributed by atoms with Crippen LogP contribution in [-0.2, 0) is 4.74 Å². The van der Waals surface area contributed by atoms with Crippen LogP contribution in [0.15, 0.2) is 40.2 Å². The van der Waals surface area contributed by atoms with E-state index in [1.54, 1.807) is 25.6 Å². The fourth-order valence-electron chi connectivity index (χ4n) is 3.55. The van der Waals surface area contributed by atoms with Crippen molar-refractivity contribution >= 4 is 27.9 Å². The Kier molecular flexibility index (Phi) is 5.12. The molecule has 3 saturated heterocycles. The number of rotatable bonds is 3. The summed E-state index contributed by atoms with van der Waals surface area (Å²) in [5, 5.41) is 3.12. The van der Waals surface area contributed by atoms with Gasteiger partial charge < -0.3 is 4.74 Å². The minimum absolute atomic E-state index is 0.178. The molecule has 0 aromatic carbocycles. The van der Waals surface area contributed by atoms with Crippen LogP contribution in [-0.4, -0.2) is 58.7 Å². The molecule has 5 rings (SSSR count). The second-order valence-corrected chi connectivity index (χ2v) is 7.43. The van der Waals surface area contributed by atoms with Gasteiger partial charge in [-0.05, 0) is 59.9 Å². The zero-order valence-corrected chi connectivity index (χ0v) is 16.2. The Morgan fingerprint density at radius 3 is 2.85 bits per heavy atom. The zero-order valence-electron chi connectivity index (χ0n) is 14.6. The lowest BCUT2D eigenvalue weighted by molar-refractivity contribution is -0.0147. The number of fused-ring (bicyclic) bond motifs is 3. The molecule has 2 aromatic rings. The molecule has 0 spiro atoms. The van der Waals surface area contributed by atoms with E-state index in [1.165, 1.54) is 25.9 Å². The maximum atomic E-state index is 6.15. The number of amidine groups is 1. The van der Waals surface area contributed by atoms with E-state index < -0.39 is 0 Å². The van der Waals surface area contributed by atoms with Crippen LogP contribution < -0.4 is 5.32 Å². The van der Waals surface area contributed by atoms with Crippen molar-refractivity contribution in [3.05, 3.63) is 35.2 Å². The number of nitrogens with one attached hydrogen (secondary N) is 1. The number of aliphatic imine (C=N–C) groups is 1. The van der Waals surface area contributed by atoms with Crippen LogP contribution in [0, 0.1) is 5.92 Å². The summed E-state index contributed by atoms with van der Waals surface area (Å²) in [6, 6.07) is 4.30. The molecule has 0 amide bonds. The first kappa shape index (κ1) is 17.4. The highest BCUT2D eigenvalue weighted by molar-refractivity contribution is 9.10. The molecule has 0 saturated carbocycles. The van der Waals surface area contributed by atoms with Gasteiger partial charge in [0.2, 0.25) is 5.95 Å². The third-order valence-electron chi connectivity index (χ3n) is 4.96. The summed E-state index contributed by atoms with van der Waals surface area (Å²) in [5.74, 6) is 1.06. The molecule has 2 aromatic heterocycles. The molecule has 7 nitrogen and oxygen atoms in total. The number of nitrogens with zero attached hydrogens (tertiary/aromatic N) is 5. The standard InChI is InChI=1S/C18H21BrN6O/c1-20-18(26-15-11-25-7-4-12(15)5-8-25)24-17-22-10-14(19)16(23-17)13-3-2-6-21-9-13/h2-3,6,9-10,12,15H,4-5,7-8,11H2,1H3,(H,20,22,23,24)/t15-/m0/s1. The van der Waals surface area contributed by atoms with E-state index >= 15 is 0 Å². The van der Waals surface area contributed by atoms with E-state index in [9.17, 15) is 0 Å². The van der Waals surface area contributed by atoms with Crippen LogP contribution in [0.25, 0.3) is 11.3 Å². The lowest BCUT2D eigenvalue weighted by Crippen LogP contribution is -2.52. The van der Waals surface area contributed by atoms with E-state index in [1.807, 2.05) is 12.1 Å². The first-order valence-electron chi connectivity index (χ1n) is 8.78. The number of hydrogen-bond donors (Lipinski definition) is 1. The quantitative estimate of drug-likeness (QED) is 0.612. The van der Waals surface area contributed by atoms with Gasteiger partial charge in [0.15, 0.2) is 0 Å². The van der Waals surface area contributed by atoms with Crippen LogP contribution in [0.2, 0.25) is 0 Å². The van der Waals surface area contributed by atoms with Gasteiger partial charge in [-0.2, -0.15) is 0 Å². The average molecular weight is 417 g/mol. The molecule has 8 heteroatoms. The first-order chi connectivity index (χ1) is 12.7. The minimum atomic E-state index is 0.178. The molecule has 1 N–H and O–H groups in total. The third-order valence-corrected chi connectivity index (χ3v) is 5.54. The zero-order chi connectivity index (χ0) is 17.9. The largest absolute Gasteiger partial charge is 0.460 e. The highest BCUT2D eigenvalue weighted by Crippen LogP contribution is 2.30. The van der Waals surface area contributed by atoms with E-state index in [2.05, 4.69) is 46.1 Å².